The summed E-state index contributed by atoms with van der Waals surface area (Å²) in [6.07, 6.45) is -7.62. The average Bonchev–Trinajstić information content (AvgIpc) is 3.47. The van der Waals surface area contributed by atoms with Crippen LogP contribution in [-0.2, 0) is 44.5 Å². The fraction of sp³-hybridized carbons (Fsp3) is 0.786. The number of methoxy groups -OCH3 is 1. The molecule has 13 heteroatoms. The largest absolute Gasteiger partial charge is 0.488 e. The number of hydrogen-bond acceptors (Lipinski definition) is 13. The SMILES string of the molecule is CC[C@H](O)[C@@](C)(O)[C@@H]1OC(=O)[C@H](C)[C@@H](O[C@H]2CC(C)(OC)[C@@H](O)C(C)O2)[C@H](C)[C@@H](O[C@@H]2OC(C)CC(NCc3ccccc3)C2O)[C@@]2(C)CC(C)=C(O2)[C@@H]1C. The number of aliphatic hydroxyl groups excluding tert-OH is 3. The van der Waals surface area contributed by atoms with E-state index in [4.69, 9.17) is 33.2 Å². The van der Waals surface area contributed by atoms with Gasteiger partial charge in [0.15, 0.2) is 12.6 Å². The summed E-state index contributed by atoms with van der Waals surface area (Å²) in [5.74, 6) is -2.33. The molecule has 0 amide bonds. The van der Waals surface area contributed by atoms with Crippen LogP contribution in [0.15, 0.2) is 41.7 Å². The number of carbonyl (C=O) groups excluding carboxylic acids is 1. The van der Waals surface area contributed by atoms with Gasteiger partial charge in [-0.3, -0.25) is 4.79 Å². The Labute approximate surface area is 327 Å². The maximum absolute atomic E-state index is 14.4. The molecule has 0 spiro atoms. The normalized spacial score (nSPS) is 43.2. The van der Waals surface area contributed by atoms with E-state index < -0.39 is 95.8 Å². The average molecular weight is 778 g/mol. The first-order chi connectivity index (χ1) is 25.8. The minimum absolute atomic E-state index is 0.165. The van der Waals surface area contributed by atoms with E-state index in [1.165, 1.54) is 14.0 Å². The van der Waals surface area contributed by atoms with Crippen LogP contribution in [0.4, 0.5) is 0 Å². The highest BCUT2D eigenvalue weighted by atomic mass is 16.7. The van der Waals surface area contributed by atoms with Gasteiger partial charge in [0.25, 0.3) is 0 Å². The van der Waals surface area contributed by atoms with Crippen molar-refractivity contribution < 1.29 is 58.4 Å². The van der Waals surface area contributed by atoms with Gasteiger partial charge in [-0.15, -0.1) is 0 Å². The van der Waals surface area contributed by atoms with Gasteiger partial charge in [-0.2, -0.15) is 0 Å². The molecule has 5 rings (SSSR count). The smallest absolute Gasteiger partial charge is 0.311 e. The number of aliphatic hydroxyl groups is 4. The Morgan fingerprint density at radius 2 is 1.71 bits per heavy atom. The summed E-state index contributed by atoms with van der Waals surface area (Å²) in [5.41, 5.74) is -1.93. The summed E-state index contributed by atoms with van der Waals surface area (Å²) >= 11 is 0. The molecule has 3 saturated heterocycles. The molecule has 55 heavy (non-hydrogen) atoms. The molecule has 1 aromatic rings. The zero-order valence-corrected chi connectivity index (χ0v) is 34.6. The first kappa shape index (κ1) is 43.9. The minimum atomic E-state index is -1.83. The molecule has 1 aromatic carbocycles. The van der Waals surface area contributed by atoms with Crippen LogP contribution in [0.5, 0.6) is 0 Å². The standard InChI is InChI=1S/C42H67NO12/c1-12-30(44)42(10,48)37-24(4)33-22(2)19-41(9,55-33)36(54-39-32(45)29(18-23(3)50-39)43-21-28-16-14-13-15-17-28)25(5)34(26(6)38(47)53-37)52-31-20-40(8,49-11)35(46)27(7)51-31/h13-17,23-27,29-32,34-37,39,43-46,48H,12,18-21H2,1-11H3/t23?,24-,25-,26+,27?,29?,30-,31-,32?,34-,35-,36+,37+,39-,40?,41+,42+/m0/s1. The van der Waals surface area contributed by atoms with Crippen molar-refractivity contribution in [3.63, 3.8) is 0 Å². The fourth-order valence-electron chi connectivity index (χ4n) is 9.28. The van der Waals surface area contributed by atoms with Crippen molar-refractivity contribution in [3.8, 4) is 0 Å². The van der Waals surface area contributed by atoms with Crippen molar-refractivity contribution in [2.45, 2.75) is 186 Å². The fourth-order valence-corrected chi connectivity index (χ4v) is 9.28. The first-order valence-electron chi connectivity index (χ1n) is 20.1. The number of rotatable bonds is 11. The van der Waals surface area contributed by atoms with Gasteiger partial charge in [0.2, 0.25) is 0 Å². The lowest BCUT2D eigenvalue weighted by Crippen LogP contribution is -2.60. The van der Waals surface area contributed by atoms with E-state index in [9.17, 15) is 25.2 Å². The van der Waals surface area contributed by atoms with Gasteiger partial charge in [0, 0.05) is 38.5 Å². The predicted molar refractivity (Wildman–Crippen MR) is 203 cm³/mol. The molecule has 3 fully saturated rings. The molecule has 4 heterocycles. The van der Waals surface area contributed by atoms with Crippen LogP contribution >= 0.6 is 0 Å². The topological polar surface area (TPSA) is 175 Å². The third-order valence-corrected chi connectivity index (χ3v) is 12.7. The highest BCUT2D eigenvalue weighted by Crippen LogP contribution is 2.48. The van der Waals surface area contributed by atoms with Crippen LogP contribution in [0.25, 0.3) is 0 Å². The summed E-state index contributed by atoms with van der Waals surface area (Å²) in [7, 11) is 1.53. The van der Waals surface area contributed by atoms with Gasteiger partial charge in [-0.25, -0.2) is 0 Å². The highest BCUT2D eigenvalue weighted by Gasteiger charge is 2.57. The molecule has 17 atom stereocenters. The lowest BCUT2D eigenvalue weighted by atomic mass is 9.78. The summed E-state index contributed by atoms with van der Waals surface area (Å²) in [4.78, 5) is 14.4. The van der Waals surface area contributed by atoms with E-state index in [-0.39, 0.29) is 25.0 Å². The van der Waals surface area contributed by atoms with Crippen molar-refractivity contribution in [1.82, 2.24) is 5.32 Å². The van der Waals surface area contributed by atoms with Gasteiger partial charge in [-0.05, 0) is 72.4 Å². The van der Waals surface area contributed by atoms with E-state index in [1.807, 2.05) is 65.0 Å². The third kappa shape index (κ3) is 9.11. The van der Waals surface area contributed by atoms with E-state index >= 15 is 0 Å². The monoisotopic (exact) mass is 777 g/mol. The van der Waals surface area contributed by atoms with Crippen molar-refractivity contribution in [2.24, 2.45) is 17.8 Å². The van der Waals surface area contributed by atoms with Gasteiger partial charge in [0.05, 0.1) is 41.9 Å². The Kier molecular flexibility index (Phi) is 13.9. The summed E-state index contributed by atoms with van der Waals surface area (Å²) in [6, 6.07) is 9.62. The Bertz CT molecular complexity index is 1480. The molecule has 0 saturated carbocycles. The Balaban J connectivity index is 1.54. The number of hydrogen-bond donors (Lipinski definition) is 5. The molecule has 4 aliphatic rings. The molecule has 0 aromatic heterocycles. The van der Waals surface area contributed by atoms with E-state index in [1.54, 1.807) is 27.7 Å². The van der Waals surface area contributed by atoms with Crippen LogP contribution in [-0.4, -0.2) is 118 Å². The number of nitrogens with one attached hydrogen (secondary N) is 1. The predicted octanol–water partition coefficient (Wildman–Crippen LogP) is 4.12. The summed E-state index contributed by atoms with van der Waals surface area (Å²) in [6.45, 7) is 18.6. The molecule has 0 aliphatic carbocycles. The highest BCUT2D eigenvalue weighted by molar-refractivity contribution is 5.73. The zero-order chi connectivity index (χ0) is 40.6. The van der Waals surface area contributed by atoms with Crippen LogP contribution in [0.2, 0.25) is 0 Å². The number of carbonyl (C=O) groups is 1. The van der Waals surface area contributed by atoms with Crippen molar-refractivity contribution in [2.75, 3.05) is 7.11 Å². The zero-order valence-electron chi connectivity index (χ0n) is 34.6. The number of benzene rings is 1. The number of cyclic esters (lactones) is 1. The van der Waals surface area contributed by atoms with Gasteiger partial charge >= 0.3 is 5.97 Å². The van der Waals surface area contributed by atoms with Gasteiger partial charge in [-0.1, -0.05) is 51.1 Å². The molecule has 5 N–H and O–H groups in total. The van der Waals surface area contributed by atoms with Crippen molar-refractivity contribution in [1.29, 1.82) is 0 Å². The van der Waals surface area contributed by atoms with Crippen molar-refractivity contribution >= 4 is 5.97 Å². The van der Waals surface area contributed by atoms with Crippen LogP contribution in [0.1, 0.15) is 100 Å². The number of fused-ring (bicyclic) bond motifs is 2. The molecule has 4 aliphatic heterocycles. The van der Waals surface area contributed by atoms with Crippen LogP contribution < -0.4 is 5.32 Å². The van der Waals surface area contributed by atoms with Gasteiger partial charge in [0.1, 0.15) is 41.4 Å². The second-order valence-electron chi connectivity index (χ2n) is 17.3. The second kappa shape index (κ2) is 17.4. The molecular formula is C42H67NO12. The minimum Gasteiger partial charge on any atom is -0.488 e. The second-order valence-corrected chi connectivity index (χ2v) is 17.3. The Morgan fingerprint density at radius 3 is 2.35 bits per heavy atom. The lowest BCUT2D eigenvalue weighted by Gasteiger charge is -2.48. The summed E-state index contributed by atoms with van der Waals surface area (Å²) in [5, 5.41) is 49.2. The summed E-state index contributed by atoms with van der Waals surface area (Å²) < 4.78 is 45.2. The number of ether oxygens (including phenoxy) is 7. The van der Waals surface area contributed by atoms with Crippen molar-refractivity contribution in [3.05, 3.63) is 47.2 Å². The maximum atomic E-state index is 14.4. The van der Waals surface area contributed by atoms with Crippen LogP contribution in [0.3, 0.4) is 0 Å². The number of esters is 1. The Hall–Kier alpha value is -2.17. The molecular weight excluding hydrogens is 710 g/mol. The molecule has 5 unspecified atom stereocenters. The molecule has 312 valence electrons. The molecule has 2 bridgehead atoms. The third-order valence-electron chi connectivity index (χ3n) is 12.7. The quantitative estimate of drug-likeness (QED) is 0.203. The first-order valence-corrected chi connectivity index (χ1v) is 20.1. The lowest BCUT2D eigenvalue weighted by molar-refractivity contribution is -0.314. The van der Waals surface area contributed by atoms with E-state index in [0.717, 1.165) is 11.1 Å². The maximum Gasteiger partial charge on any atom is 0.311 e. The van der Waals surface area contributed by atoms with Crippen LogP contribution in [0, 0.1) is 17.8 Å². The molecule has 13 nitrogen and oxygen atoms in total. The Morgan fingerprint density at radius 1 is 1.04 bits per heavy atom. The van der Waals surface area contributed by atoms with E-state index in [2.05, 4.69) is 5.32 Å². The van der Waals surface area contributed by atoms with Gasteiger partial charge < -0.3 is 58.9 Å². The van der Waals surface area contributed by atoms with E-state index in [0.29, 0.717) is 25.1 Å². The molecule has 0 radical (unpaired) electrons.